The number of aliphatic hydroxyl groups is 16. The van der Waals surface area contributed by atoms with Crippen LogP contribution in [0.5, 0.6) is 0 Å². The molecule has 19 N–H and O–H groups in total. The second-order valence-corrected chi connectivity index (χ2v) is 19.3. The molecule has 33 nitrogen and oxygen atoms in total. The molecule has 6 aliphatic rings. The van der Waals surface area contributed by atoms with Crippen LogP contribution in [0.25, 0.3) is 0 Å². The Morgan fingerprint density at radius 3 is 0.987 bits per heavy atom. The van der Waals surface area contributed by atoms with E-state index in [1.54, 1.807) is 0 Å². The molecule has 0 aliphatic carbocycles. The third kappa shape index (κ3) is 13.6. The smallest absolute Gasteiger partial charge is 0.217 e. The number of hydrogen-bond donors (Lipinski definition) is 19. The molecule has 33 heteroatoms. The quantitative estimate of drug-likeness (QED) is 0.0571. The van der Waals surface area contributed by atoms with Crippen LogP contribution in [0.3, 0.4) is 0 Å². The van der Waals surface area contributed by atoms with Crippen LogP contribution in [0.15, 0.2) is 0 Å². The van der Waals surface area contributed by atoms with Crippen molar-refractivity contribution in [3.05, 3.63) is 0 Å². The second kappa shape index (κ2) is 27.2. The highest BCUT2D eigenvalue weighted by Gasteiger charge is 2.58. The zero-order valence-electron chi connectivity index (χ0n) is 41.4. The Bertz CT molecular complexity index is 1870. The first-order valence-corrected chi connectivity index (χ1v) is 24.4. The molecule has 6 saturated heterocycles. The van der Waals surface area contributed by atoms with Gasteiger partial charge in [-0.2, -0.15) is 0 Å². The zero-order chi connectivity index (χ0) is 56.2. The SMILES string of the molecule is CC(=O)NC1[C@H](O[C@@H]2C(O)[C@H](O[C@H]3C(CO)O[C@@H](O[C@@H]4C(O)[C@H](O[C@@H]5C(NC(C)=O)C(C)OC(CO)[C@@H]5O)OC(CO)[C@@H]4O)C(NC(C)=O)[C@H]3O)OC(CO)[C@@H]2O)OC(CO)[C@H](O[C@@H]2OC(CO)[C@H](O)[C@H](O)C2O)[C@@H]1O. The topological polar surface area (TPSA) is 513 Å². The van der Waals surface area contributed by atoms with E-state index in [-0.39, 0.29) is 0 Å². The molecule has 6 fully saturated rings. The van der Waals surface area contributed by atoms with E-state index in [9.17, 15) is 96.1 Å². The van der Waals surface area contributed by atoms with Crippen LogP contribution in [0.2, 0.25) is 0 Å². The van der Waals surface area contributed by atoms with Gasteiger partial charge in [0.1, 0.15) is 140 Å². The lowest BCUT2D eigenvalue weighted by Crippen LogP contribution is -2.71. The lowest BCUT2D eigenvalue weighted by atomic mass is 9.92. The summed E-state index contributed by atoms with van der Waals surface area (Å²) in [6.07, 6.45) is -48.7. The Morgan fingerprint density at radius 2 is 0.618 bits per heavy atom. The first-order chi connectivity index (χ1) is 35.9. The Balaban J connectivity index is 1.21. The Labute approximate surface area is 432 Å². The summed E-state index contributed by atoms with van der Waals surface area (Å²) in [4.78, 5) is 37.3. The van der Waals surface area contributed by atoms with E-state index >= 15 is 0 Å². The van der Waals surface area contributed by atoms with Gasteiger partial charge in [0.05, 0.1) is 51.8 Å². The van der Waals surface area contributed by atoms with Gasteiger partial charge < -0.3 is 150 Å². The fraction of sp³-hybridized carbons (Fsp3) is 0.930. The third-order valence-electron chi connectivity index (χ3n) is 13.9. The molecule has 76 heavy (non-hydrogen) atoms. The number of rotatable bonds is 19. The monoisotopic (exact) mass is 1110 g/mol. The molecule has 6 rings (SSSR count). The largest absolute Gasteiger partial charge is 0.394 e. The third-order valence-corrected chi connectivity index (χ3v) is 13.9. The lowest BCUT2D eigenvalue weighted by molar-refractivity contribution is -0.384. The van der Waals surface area contributed by atoms with Crippen LogP contribution >= 0.6 is 0 Å². The highest BCUT2D eigenvalue weighted by molar-refractivity contribution is 5.74. The first kappa shape index (κ1) is 62.5. The summed E-state index contributed by atoms with van der Waals surface area (Å²) in [5.74, 6) is -2.24. The van der Waals surface area contributed by atoms with Gasteiger partial charge in [0, 0.05) is 20.8 Å². The van der Waals surface area contributed by atoms with Crippen LogP contribution in [-0.4, -0.2) is 323 Å². The number of nitrogens with one attached hydrogen (secondary N) is 3. The lowest BCUT2D eigenvalue weighted by Gasteiger charge is -2.51. The van der Waals surface area contributed by atoms with Gasteiger partial charge in [-0.3, -0.25) is 14.4 Å². The van der Waals surface area contributed by atoms with E-state index in [4.69, 9.17) is 52.1 Å². The van der Waals surface area contributed by atoms with Crippen LogP contribution in [-0.2, 0) is 66.5 Å². The van der Waals surface area contributed by atoms with Gasteiger partial charge in [0.2, 0.25) is 17.7 Å². The molecule has 3 amide bonds. The molecule has 0 spiro atoms. The van der Waals surface area contributed by atoms with Crippen molar-refractivity contribution in [1.82, 2.24) is 16.0 Å². The van der Waals surface area contributed by atoms with E-state index < -0.39 is 241 Å². The number of aliphatic hydroxyl groups excluding tert-OH is 16. The Morgan fingerprint density at radius 1 is 0.329 bits per heavy atom. The van der Waals surface area contributed by atoms with Crippen molar-refractivity contribution >= 4 is 17.7 Å². The fourth-order valence-corrected chi connectivity index (χ4v) is 9.97. The normalized spacial score (nSPS) is 48.2. The highest BCUT2D eigenvalue weighted by Crippen LogP contribution is 2.37. The summed E-state index contributed by atoms with van der Waals surface area (Å²) in [6, 6.07) is -4.62. The molecule has 30 atom stereocenters. The van der Waals surface area contributed by atoms with Crippen molar-refractivity contribution in [1.29, 1.82) is 0 Å². The summed E-state index contributed by atoms with van der Waals surface area (Å²) in [5, 5.41) is 180. The standard InChI is InChI=1S/C43H73N3O30/c1-11-21(44-12(2)53)36(25(57)16(6-48)66-11)74-43-33(65)38(27(59)18(8-50)69-43)76-40-23(46-14(4)55)29(61)35(20(10-52)71-40)73-42-32(64)37(26(58)17(7-49)68-42)75-39-22(45-13(3)54)28(60)34(19(9-51)70-39)72-41-31(63)30(62)24(56)15(5-47)67-41/h11,15-43,47-52,56-65H,5-10H2,1-4H3,(H,44,53)(H,45,54)(H,46,55)/t11?,15?,16?,17?,18?,19?,20?,21?,22?,23?,24-,25-,26-,27-,28+,29+,30-,31?,32?,33?,34-,35-,36+,37-,38-,39-,40-,41-,42-,43-/m0/s1. The number of carbonyl (C=O) groups excluding carboxylic acids is 3. The van der Waals surface area contributed by atoms with Gasteiger partial charge in [-0.25, -0.2) is 0 Å². The molecule has 0 radical (unpaired) electrons. The van der Waals surface area contributed by atoms with Crippen molar-refractivity contribution in [2.75, 3.05) is 39.6 Å². The number of amides is 3. The molecule has 6 aliphatic heterocycles. The van der Waals surface area contributed by atoms with Crippen LogP contribution in [0.4, 0.5) is 0 Å². The number of hydrogen-bond acceptors (Lipinski definition) is 30. The van der Waals surface area contributed by atoms with E-state index in [0.717, 1.165) is 13.8 Å². The molecule has 0 saturated carbocycles. The molecule has 0 bridgehead atoms. The summed E-state index contributed by atoms with van der Waals surface area (Å²) in [5.41, 5.74) is 0. The molecule has 0 aromatic rings. The summed E-state index contributed by atoms with van der Waals surface area (Å²) in [7, 11) is 0. The van der Waals surface area contributed by atoms with Crippen molar-refractivity contribution in [2.45, 2.75) is 212 Å². The van der Waals surface area contributed by atoms with Gasteiger partial charge >= 0.3 is 0 Å². The molecular formula is C43H73N3O30. The minimum atomic E-state index is -2.21. The van der Waals surface area contributed by atoms with E-state index in [1.165, 1.54) is 13.8 Å². The average molecular weight is 1110 g/mol. The Kier molecular flexibility index (Phi) is 22.4. The molecule has 440 valence electrons. The maximum atomic E-state index is 12.7. The zero-order valence-corrected chi connectivity index (χ0v) is 41.4. The van der Waals surface area contributed by atoms with Crippen molar-refractivity contribution in [3.63, 3.8) is 0 Å². The van der Waals surface area contributed by atoms with Crippen LogP contribution < -0.4 is 16.0 Å². The Hall–Kier alpha value is -2.67. The van der Waals surface area contributed by atoms with Crippen LogP contribution in [0.1, 0.15) is 27.7 Å². The minimum absolute atomic E-state index is 0.579. The summed E-state index contributed by atoms with van der Waals surface area (Å²) in [6.45, 7) is -0.843. The predicted octanol–water partition coefficient (Wildman–Crippen LogP) is -12.6. The summed E-state index contributed by atoms with van der Waals surface area (Å²) < 4.78 is 63.8. The fourth-order valence-electron chi connectivity index (χ4n) is 9.97. The van der Waals surface area contributed by atoms with E-state index in [0.29, 0.717) is 0 Å². The first-order valence-electron chi connectivity index (χ1n) is 24.4. The van der Waals surface area contributed by atoms with Gasteiger partial charge in [-0.05, 0) is 6.92 Å². The maximum Gasteiger partial charge on any atom is 0.217 e. The molecule has 6 heterocycles. The summed E-state index contributed by atoms with van der Waals surface area (Å²) >= 11 is 0. The molecule has 13 unspecified atom stereocenters. The van der Waals surface area contributed by atoms with Gasteiger partial charge in [-0.1, -0.05) is 0 Å². The predicted molar refractivity (Wildman–Crippen MR) is 237 cm³/mol. The van der Waals surface area contributed by atoms with Crippen LogP contribution in [0, 0.1) is 0 Å². The molecule has 0 aromatic heterocycles. The number of carbonyl (C=O) groups is 3. The highest BCUT2D eigenvalue weighted by atomic mass is 16.8. The number of ether oxygens (including phenoxy) is 11. The second-order valence-electron chi connectivity index (χ2n) is 19.3. The maximum absolute atomic E-state index is 12.7. The van der Waals surface area contributed by atoms with Gasteiger partial charge in [0.25, 0.3) is 0 Å². The van der Waals surface area contributed by atoms with Gasteiger partial charge in [-0.15, -0.1) is 0 Å². The van der Waals surface area contributed by atoms with Gasteiger partial charge in [0.15, 0.2) is 31.5 Å². The molecule has 0 aromatic carbocycles. The van der Waals surface area contributed by atoms with Crippen molar-refractivity contribution in [3.8, 4) is 0 Å². The molecular weight excluding hydrogens is 1040 g/mol. The van der Waals surface area contributed by atoms with E-state index in [1.807, 2.05) is 0 Å². The van der Waals surface area contributed by atoms with E-state index in [2.05, 4.69) is 16.0 Å². The minimum Gasteiger partial charge on any atom is -0.394 e. The van der Waals surface area contributed by atoms with Crippen molar-refractivity contribution in [2.24, 2.45) is 0 Å². The van der Waals surface area contributed by atoms with Crippen molar-refractivity contribution < 1.29 is 148 Å². The average Bonchev–Trinajstić information content (AvgIpc) is 3.38.